The van der Waals surface area contributed by atoms with Gasteiger partial charge in [-0.05, 0) is 0 Å². The van der Waals surface area contributed by atoms with Gasteiger partial charge in [0.05, 0.1) is 25.4 Å². The highest BCUT2D eigenvalue weighted by molar-refractivity contribution is 8.00. The summed E-state index contributed by atoms with van der Waals surface area (Å²) in [5.74, 6) is -6.64. The molecule has 0 bridgehead atoms. The molecule has 1 atom stereocenters. The van der Waals surface area contributed by atoms with E-state index in [1.165, 1.54) is 0 Å². The summed E-state index contributed by atoms with van der Waals surface area (Å²) in [6.45, 7) is -2.03. The molecule has 23 heavy (non-hydrogen) atoms. The van der Waals surface area contributed by atoms with Gasteiger partial charge in [-0.2, -0.15) is 0 Å². The number of amides is 1. The summed E-state index contributed by atoms with van der Waals surface area (Å²) in [6.07, 6.45) is 0. The fraction of sp³-hybridized carbons (Fsp3) is 0.545. The van der Waals surface area contributed by atoms with Crippen LogP contribution in [0.2, 0.25) is 0 Å². The monoisotopic (exact) mass is 352 g/mol. The van der Waals surface area contributed by atoms with Crippen molar-refractivity contribution in [3.8, 4) is 0 Å². The number of carboxylic acid groups (broad SMARTS) is 4. The maximum atomic E-state index is 11.7. The highest BCUT2D eigenvalue weighted by Crippen LogP contribution is 2.03. The van der Waals surface area contributed by atoms with E-state index in [-0.39, 0.29) is 11.5 Å². The lowest BCUT2D eigenvalue weighted by Crippen LogP contribution is -2.48. The third-order valence-electron chi connectivity index (χ3n) is 2.23. The minimum Gasteiger partial charge on any atom is -0.481 e. The molecule has 0 aliphatic heterocycles. The van der Waals surface area contributed by atoms with Crippen LogP contribution in [0.1, 0.15) is 0 Å². The van der Waals surface area contributed by atoms with Gasteiger partial charge in [0, 0.05) is 5.75 Å². The van der Waals surface area contributed by atoms with Gasteiger partial charge in [0.2, 0.25) is 5.91 Å². The lowest BCUT2D eigenvalue weighted by molar-refractivity contribution is -0.144. The van der Waals surface area contributed by atoms with E-state index in [4.69, 9.17) is 20.4 Å². The Labute approximate surface area is 134 Å². The van der Waals surface area contributed by atoms with Crippen LogP contribution in [0.3, 0.4) is 0 Å². The number of nitrogens with one attached hydrogen (secondary N) is 1. The molecule has 0 aromatic heterocycles. The second-order valence-corrected chi connectivity index (χ2v) is 5.33. The van der Waals surface area contributed by atoms with Crippen LogP contribution in [-0.4, -0.2) is 92.3 Å². The molecule has 0 rings (SSSR count). The van der Waals surface area contributed by atoms with Crippen molar-refractivity contribution in [2.45, 2.75) is 6.04 Å². The first kappa shape index (κ1) is 20.7. The summed E-state index contributed by atoms with van der Waals surface area (Å²) >= 11 is 0.783. The zero-order valence-corrected chi connectivity index (χ0v) is 12.6. The molecule has 12 heteroatoms. The van der Waals surface area contributed by atoms with Gasteiger partial charge in [0.15, 0.2) is 0 Å². The quantitative estimate of drug-likeness (QED) is 0.258. The Kier molecular flexibility index (Phi) is 9.34. The maximum Gasteiger partial charge on any atom is 0.327 e. The Hall–Kier alpha value is -2.34. The Morgan fingerprint density at radius 2 is 1.39 bits per heavy atom. The zero-order chi connectivity index (χ0) is 18.0. The Morgan fingerprint density at radius 1 is 0.870 bits per heavy atom. The second kappa shape index (κ2) is 10.4. The SMILES string of the molecule is O=C(O)CSCC(NC(=O)CN(CC(=O)O)CC(=O)O)C(=O)O. The first-order valence-electron chi connectivity index (χ1n) is 6.09. The minimum absolute atomic E-state index is 0.203. The number of hydrogen-bond acceptors (Lipinski definition) is 7. The van der Waals surface area contributed by atoms with Crippen molar-refractivity contribution in [1.29, 1.82) is 0 Å². The van der Waals surface area contributed by atoms with Crippen LogP contribution in [-0.2, 0) is 24.0 Å². The molecule has 0 radical (unpaired) electrons. The number of carbonyl (C=O) groups is 5. The Morgan fingerprint density at radius 3 is 1.78 bits per heavy atom. The first-order chi connectivity index (χ1) is 10.6. The van der Waals surface area contributed by atoms with E-state index in [0.717, 1.165) is 16.7 Å². The summed E-state index contributed by atoms with van der Waals surface area (Å²) in [5.41, 5.74) is 0. The van der Waals surface area contributed by atoms with E-state index < -0.39 is 55.5 Å². The van der Waals surface area contributed by atoms with Gasteiger partial charge in [0.25, 0.3) is 0 Å². The molecule has 0 saturated heterocycles. The predicted octanol–water partition coefficient (Wildman–Crippen LogP) is -2.16. The zero-order valence-electron chi connectivity index (χ0n) is 11.8. The number of hydrogen-bond donors (Lipinski definition) is 5. The van der Waals surface area contributed by atoms with Gasteiger partial charge in [-0.1, -0.05) is 0 Å². The van der Waals surface area contributed by atoms with Crippen LogP contribution in [0.15, 0.2) is 0 Å². The van der Waals surface area contributed by atoms with Crippen LogP contribution in [0.4, 0.5) is 0 Å². The average molecular weight is 352 g/mol. The van der Waals surface area contributed by atoms with Gasteiger partial charge in [-0.3, -0.25) is 24.1 Å². The number of carboxylic acids is 4. The maximum absolute atomic E-state index is 11.7. The number of thioether (sulfide) groups is 1. The minimum atomic E-state index is -1.39. The molecule has 130 valence electrons. The number of nitrogens with zero attached hydrogens (tertiary/aromatic N) is 1. The van der Waals surface area contributed by atoms with Crippen molar-refractivity contribution in [3.63, 3.8) is 0 Å². The summed E-state index contributed by atoms with van der Waals surface area (Å²) < 4.78 is 0. The fourth-order valence-electron chi connectivity index (χ4n) is 1.43. The third-order valence-corrected chi connectivity index (χ3v) is 3.25. The van der Waals surface area contributed by atoms with Crippen molar-refractivity contribution in [2.75, 3.05) is 31.1 Å². The van der Waals surface area contributed by atoms with Gasteiger partial charge in [0.1, 0.15) is 6.04 Å². The van der Waals surface area contributed by atoms with Crippen molar-refractivity contribution in [2.24, 2.45) is 0 Å². The lowest BCUT2D eigenvalue weighted by atomic mass is 10.3. The Balaban J connectivity index is 4.57. The normalized spacial score (nSPS) is 11.7. The van der Waals surface area contributed by atoms with Crippen molar-refractivity contribution >= 4 is 41.5 Å². The van der Waals surface area contributed by atoms with Crippen LogP contribution in [0.25, 0.3) is 0 Å². The molecule has 11 nitrogen and oxygen atoms in total. The lowest BCUT2D eigenvalue weighted by Gasteiger charge is -2.19. The van der Waals surface area contributed by atoms with Gasteiger partial charge in [-0.25, -0.2) is 4.79 Å². The molecule has 0 aromatic carbocycles. The fourth-order valence-corrected chi connectivity index (χ4v) is 2.19. The number of aliphatic carboxylic acids is 4. The molecular formula is C11H16N2O9S. The predicted molar refractivity (Wildman–Crippen MR) is 76.2 cm³/mol. The molecular weight excluding hydrogens is 336 g/mol. The highest BCUT2D eigenvalue weighted by atomic mass is 32.2. The molecule has 0 heterocycles. The average Bonchev–Trinajstić information content (AvgIpc) is 2.34. The standard InChI is InChI=1S/C11H16N2O9S/c14-7(1-13(2-8(15)16)3-9(17)18)12-6(11(21)22)4-23-5-10(19)20/h6H,1-5H2,(H,12,14)(H,15,16)(H,17,18)(H,19,20)(H,21,22). The van der Waals surface area contributed by atoms with Gasteiger partial charge in [-0.15, -0.1) is 11.8 Å². The number of carbonyl (C=O) groups excluding carboxylic acids is 1. The summed E-state index contributed by atoms with van der Waals surface area (Å²) in [5, 5.41) is 36.7. The molecule has 0 aromatic rings. The van der Waals surface area contributed by atoms with E-state index in [9.17, 15) is 24.0 Å². The molecule has 1 unspecified atom stereocenters. The van der Waals surface area contributed by atoms with Crippen LogP contribution in [0, 0.1) is 0 Å². The molecule has 0 fully saturated rings. The third kappa shape index (κ3) is 11.0. The van der Waals surface area contributed by atoms with E-state index in [2.05, 4.69) is 5.32 Å². The van der Waals surface area contributed by atoms with E-state index >= 15 is 0 Å². The van der Waals surface area contributed by atoms with Gasteiger partial charge < -0.3 is 25.7 Å². The van der Waals surface area contributed by atoms with Gasteiger partial charge >= 0.3 is 23.9 Å². The van der Waals surface area contributed by atoms with E-state index in [0.29, 0.717) is 0 Å². The van der Waals surface area contributed by atoms with Crippen LogP contribution in [0.5, 0.6) is 0 Å². The van der Waals surface area contributed by atoms with Crippen molar-refractivity contribution in [3.05, 3.63) is 0 Å². The van der Waals surface area contributed by atoms with Crippen LogP contribution < -0.4 is 5.32 Å². The van der Waals surface area contributed by atoms with Crippen molar-refractivity contribution < 1.29 is 44.4 Å². The van der Waals surface area contributed by atoms with Crippen LogP contribution >= 0.6 is 11.8 Å². The topological polar surface area (TPSA) is 182 Å². The summed E-state index contributed by atoms with van der Waals surface area (Å²) in [6, 6.07) is -1.37. The Bertz CT molecular complexity index is 466. The summed E-state index contributed by atoms with van der Waals surface area (Å²) in [4.78, 5) is 55.0. The highest BCUT2D eigenvalue weighted by Gasteiger charge is 2.23. The smallest absolute Gasteiger partial charge is 0.327 e. The van der Waals surface area contributed by atoms with E-state index in [1.54, 1.807) is 0 Å². The second-order valence-electron chi connectivity index (χ2n) is 4.30. The van der Waals surface area contributed by atoms with Crippen molar-refractivity contribution in [1.82, 2.24) is 10.2 Å². The summed E-state index contributed by atoms with van der Waals surface area (Å²) in [7, 11) is 0. The first-order valence-corrected chi connectivity index (χ1v) is 7.25. The molecule has 0 saturated carbocycles. The molecule has 0 aliphatic rings. The molecule has 1 amide bonds. The largest absolute Gasteiger partial charge is 0.481 e. The molecule has 0 spiro atoms. The molecule has 5 N–H and O–H groups in total. The van der Waals surface area contributed by atoms with E-state index in [1.807, 2.05) is 0 Å². The molecule has 0 aliphatic carbocycles. The number of rotatable bonds is 12.